The summed E-state index contributed by atoms with van der Waals surface area (Å²) in [5, 5.41) is 5.79. The fraction of sp³-hybridized carbons (Fsp3) is 0.333. The van der Waals surface area contributed by atoms with Gasteiger partial charge >= 0.3 is 0 Å². The highest BCUT2D eigenvalue weighted by atomic mass is 32.1. The maximum Gasteiger partial charge on any atom is 0.0340 e. The fourth-order valence-corrected chi connectivity index (χ4v) is 3.60. The first kappa shape index (κ1) is 10.8. The molecule has 0 saturated heterocycles. The van der Waals surface area contributed by atoms with Gasteiger partial charge < -0.3 is 5.32 Å². The van der Waals surface area contributed by atoms with Gasteiger partial charge in [0.2, 0.25) is 0 Å². The van der Waals surface area contributed by atoms with Crippen LogP contribution < -0.4 is 5.32 Å². The molecule has 0 amide bonds. The van der Waals surface area contributed by atoms with Crippen molar-refractivity contribution in [2.24, 2.45) is 0 Å². The van der Waals surface area contributed by atoms with E-state index in [4.69, 9.17) is 0 Å². The summed E-state index contributed by atoms with van der Waals surface area (Å²) in [7, 11) is 0. The molecule has 1 N–H and O–H groups in total. The Morgan fingerprint density at radius 2 is 2.06 bits per heavy atom. The van der Waals surface area contributed by atoms with Gasteiger partial charge in [-0.1, -0.05) is 18.2 Å². The molecule has 1 aromatic carbocycles. The van der Waals surface area contributed by atoms with E-state index in [1.807, 2.05) is 11.3 Å². The maximum atomic E-state index is 3.55. The number of anilines is 1. The molecule has 0 radical (unpaired) electrons. The van der Waals surface area contributed by atoms with Crippen molar-refractivity contribution in [1.82, 2.24) is 0 Å². The Hall–Kier alpha value is -1.28. The Labute approximate surface area is 106 Å². The minimum absolute atomic E-state index is 0.699. The molecule has 88 valence electrons. The normalized spacial score (nSPS) is 18.7. The van der Waals surface area contributed by atoms with E-state index < -0.39 is 0 Å². The van der Waals surface area contributed by atoms with Crippen LogP contribution in [0.4, 0.5) is 5.69 Å². The molecule has 1 atom stereocenters. The highest BCUT2D eigenvalue weighted by Crippen LogP contribution is 2.34. The molecule has 1 aromatic heterocycles. The van der Waals surface area contributed by atoms with E-state index >= 15 is 0 Å². The molecule has 0 saturated carbocycles. The number of thiophene rings is 1. The highest BCUT2D eigenvalue weighted by Gasteiger charge is 2.20. The summed E-state index contributed by atoms with van der Waals surface area (Å²) in [5.41, 5.74) is 2.82. The second-order valence-electron chi connectivity index (χ2n) is 4.64. The summed E-state index contributed by atoms with van der Waals surface area (Å²) >= 11 is 1.92. The topological polar surface area (TPSA) is 12.0 Å². The van der Waals surface area contributed by atoms with Gasteiger partial charge in [0.1, 0.15) is 0 Å². The predicted molar refractivity (Wildman–Crippen MR) is 74.9 cm³/mol. The molecule has 1 unspecified atom stereocenters. The zero-order chi connectivity index (χ0) is 11.5. The van der Waals surface area contributed by atoms with Crippen LogP contribution in [0.25, 0.3) is 0 Å². The SMILES string of the molecule is c1ccc(NCC2CCCc3sccc32)cc1. The van der Waals surface area contributed by atoms with Crippen LogP contribution in [0.15, 0.2) is 41.8 Å². The van der Waals surface area contributed by atoms with Crippen molar-refractivity contribution in [3.05, 3.63) is 52.2 Å². The summed E-state index contributed by atoms with van der Waals surface area (Å²) in [6.45, 7) is 1.06. The number of para-hydroxylation sites is 1. The van der Waals surface area contributed by atoms with Crippen LogP contribution in [-0.2, 0) is 6.42 Å². The smallest absolute Gasteiger partial charge is 0.0340 e. The predicted octanol–water partition coefficient (Wildman–Crippen LogP) is 4.28. The molecule has 1 heterocycles. The minimum atomic E-state index is 0.699. The number of benzene rings is 1. The van der Waals surface area contributed by atoms with Gasteiger partial charge in [0, 0.05) is 23.0 Å². The molecule has 1 aliphatic rings. The van der Waals surface area contributed by atoms with Crippen molar-refractivity contribution in [1.29, 1.82) is 0 Å². The zero-order valence-electron chi connectivity index (χ0n) is 9.86. The van der Waals surface area contributed by atoms with Crippen LogP contribution in [0.3, 0.4) is 0 Å². The molecule has 1 aliphatic carbocycles. The fourth-order valence-electron chi connectivity index (χ4n) is 2.59. The van der Waals surface area contributed by atoms with Gasteiger partial charge in [-0.05, 0) is 48.4 Å². The van der Waals surface area contributed by atoms with E-state index in [-0.39, 0.29) is 0 Å². The van der Waals surface area contributed by atoms with Gasteiger partial charge in [-0.15, -0.1) is 11.3 Å². The molecule has 0 spiro atoms. The lowest BCUT2D eigenvalue weighted by molar-refractivity contribution is 0.579. The monoisotopic (exact) mass is 243 g/mol. The van der Waals surface area contributed by atoms with E-state index in [1.54, 1.807) is 10.4 Å². The van der Waals surface area contributed by atoms with Crippen molar-refractivity contribution in [3.63, 3.8) is 0 Å². The molecule has 0 bridgehead atoms. The van der Waals surface area contributed by atoms with Crippen molar-refractivity contribution < 1.29 is 0 Å². The second kappa shape index (κ2) is 4.92. The zero-order valence-corrected chi connectivity index (χ0v) is 10.7. The van der Waals surface area contributed by atoms with Crippen molar-refractivity contribution >= 4 is 17.0 Å². The quantitative estimate of drug-likeness (QED) is 0.848. The van der Waals surface area contributed by atoms with Crippen LogP contribution in [0, 0.1) is 0 Å². The number of rotatable bonds is 3. The van der Waals surface area contributed by atoms with Gasteiger partial charge in [0.05, 0.1) is 0 Å². The molecular weight excluding hydrogens is 226 g/mol. The number of fused-ring (bicyclic) bond motifs is 1. The van der Waals surface area contributed by atoms with Gasteiger partial charge in [-0.25, -0.2) is 0 Å². The standard InChI is InChI=1S/C15H17NS/c1-2-6-13(7-3-1)16-11-12-5-4-8-15-14(12)9-10-17-15/h1-3,6-7,9-10,12,16H,4-5,8,11H2. The van der Waals surface area contributed by atoms with Crippen molar-refractivity contribution in [2.45, 2.75) is 25.2 Å². The lowest BCUT2D eigenvalue weighted by Crippen LogP contribution is -2.16. The van der Waals surface area contributed by atoms with Gasteiger partial charge in [0.25, 0.3) is 0 Å². The average molecular weight is 243 g/mol. The lowest BCUT2D eigenvalue weighted by Gasteiger charge is -2.23. The Morgan fingerprint density at radius 3 is 2.94 bits per heavy atom. The second-order valence-corrected chi connectivity index (χ2v) is 5.64. The molecule has 0 fully saturated rings. The first-order valence-corrected chi connectivity index (χ1v) is 7.16. The minimum Gasteiger partial charge on any atom is -0.384 e. The van der Waals surface area contributed by atoms with Crippen LogP contribution in [0.2, 0.25) is 0 Å². The van der Waals surface area contributed by atoms with Crippen LogP contribution >= 0.6 is 11.3 Å². The average Bonchev–Trinajstić information content (AvgIpc) is 2.86. The third-order valence-electron chi connectivity index (χ3n) is 3.50. The summed E-state index contributed by atoms with van der Waals surface area (Å²) in [4.78, 5) is 1.61. The Balaban J connectivity index is 1.68. The molecule has 0 aliphatic heterocycles. The number of aryl methyl sites for hydroxylation is 1. The molecule has 3 rings (SSSR count). The highest BCUT2D eigenvalue weighted by molar-refractivity contribution is 7.10. The summed E-state index contributed by atoms with van der Waals surface area (Å²) < 4.78 is 0. The maximum absolute atomic E-state index is 3.55. The van der Waals surface area contributed by atoms with E-state index in [1.165, 1.54) is 24.9 Å². The Bertz CT molecular complexity index is 475. The Kier molecular flexibility index (Phi) is 3.14. The molecule has 17 heavy (non-hydrogen) atoms. The Morgan fingerprint density at radius 1 is 1.18 bits per heavy atom. The van der Waals surface area contributed by atoms with Gasteiger partial charge in [0.15, 0.2) is 0 Å². The first-order chi connectivity index (χ1) is 8.43. The number of hydrogen-bond acceptors (Lipinski definition) is 2. The summed E-state index contributed by atoms with van der Waals surface area (Å²) in [6.07, 6.45) is 3.95. The van der Waals surface area contributed by atoms with Crippen molar-refractivity contribution in [2.75, 3.05) is 11.9 Å². The van der Waals surface area contributed by atoms with Crippen LogP contribution in [0.5, 0.6) is 0 Å². The van der Waals surface area contributed by atoms with E-state index in [2.05, 4.69) is 47.1 Å². The van der Waals surface area contributed by atoms with E-state index in [9.17, 15) is 0 Å². The molecule has 2 aromatic rings. The van der Waals surface area contributed by atoms with Gasteiger partial charge in [-0.3, -0.25) is 0 Å². The third kappa shape index (κ3) is 2.37. The van der Waals surface area contributed by atoms with Crippen LogP contribution in [0.1, 0.15) is 29.2 Å². The van der Waals surface area contributed by atoms with Gasteiger partial charge in [-0.2, -0.15) is 0 Å². The molecule has 1 nitrogen and oxygen atoms in total. The van der Waals surface area contributed by atoms with Crippen molar-refractivity contribution in [3.8, 4) is 0 Å². The summed E-state index contributed by atoms with van der Waals surface area (Å²) in [5.74, 6) is 0.699. The third-order valence-corrected chi connectivity index (χ3v) is 4.50. The molecule has 2 heteroatoms. The van der Waals surface area contributed by atoms with Crippen LogP contribution in [-0.4, -0.2) is 6.54 Å². The summed E-state index contributed by atoms with van der Waals surface area (Å²) in [6, 6.07) is 12.8. The number of nitrogens with one attached hydrogen (secondary N) is 1. The number of hydrogen-bond donors (Lipinski definition) is 1. The lowest BCUT2D eigenvalue weighted by atomic mass is 9.88. The largest absolute Gasteiger partial charge is 0.384 e. The molecular formula is C15H17NS. The van der Waals surface area contributed by atoms with E-state index in [0.29, 0.717) is 5.92 Å². The first-order valence-electron chi connectivity index (χ1n) is 6.28. The van der Waals surface area contributed by atoms with E-state index in [0.717, 1.165) is 6.54 Å².